The third kappa shape index (κ3) is 2.44. The zero-order chi connectivity index (χ0) is 14.2. The maximum atomic E-state index is 10.4. The molecule has 3 nitrogen and oxygen atoms in total. The van der Waals surface area contributed by atoms with E-state index in [0.717, 1.165) is 31.0 Å². The molecule has 1 N–H and O–H groups in total. The number of fused-ring (bicyclic) bond motifs is 2. The summed E-state index contributed by atoms with van der Waals surface area (Å²) in [5.74, 6) is 0. The molecule has 0 aliphatic heterocycles. The highest BCUT2D eigenvalue weighted by molar-refractivity contribution is 7.18. The van der Waals surface area contributed by atoms with E-state index in [9.17, 15) is 5.11 Å². The van der Waals surface area contributed by atoms with Crippen LogP contribution in [0, 0.1) is 0 Å². The van der Waals surface area contributed by atoms with Crippen molar-refractivity contribution in [2.45, 2.75) is 12.5 Å². The minimum atomic E-state index is -0.565. The first-order valence-electron chi connectivity index (χ1n) is 6.65. The molecule has 3 heterocycles. The summed E-state index contributed by atoms with van der Waals surface area (Å²) in [5.41, 5.74) is 2.83. The SMILES string of the molecule is OC(Cc1nc2ccccc2s1)c1cnc2ccsc2c1. The van der Waals surface area contributed by atoms with Crippen LogP contribution in [0.1, 0.15) is 16.7 Å². The van der Waals surface area contributed by atoms with Crippen LogP contribution < -0.4 is 0 Å². The summed E-state index contributed by atoms with van der Waals surface area (Å²) >= 11 is 3.28. The minimum Gasteiger partial charge on any atom is -0.388 e. The van der Waals surface area contributed by atoms with E-state index in [-0.39, 0.29) is 0 Å². The average molecular weight is 312 g/mol. The van der Waals surface area contributed by atoms with E-state index in [2.05, 4.69) is 16.0 Å². The molecule has 1 atom stereocenters. The lowest BCUT2D eigenvalue weighted by molar-refractivity contribution is 0.178. The van der Waals surface area contributed by atoms with Gasteiger partial charge in [-0.05, 0) is 29.6 Å². The third-order valence-electron chi connectivity index (χ3n) is 3.41. The van der Waals surface area contributed by atoms with Crippen molar-refractivity contribution in [3.63, 3.8) is 0 Å². The van der Waals surface area contributed by atoms with Gasteiger partial charge in [-0.15, -0.1) is 22.7 Å². The number of thiazole rings is 1. The summed E-state index contributed by atoms with van der Waals surface area (Å²) in [7, 11) is 0. The maximum absolute atomic E-state index is 10.4. The molecule has 0 saturated carbocycles. The van der Waals surface area contributed by atoms with E-state index in [1.807, 2.05) is 35.7 Å². The van der Waals surface area contributed by atoms with Crippen molar-refractivity contribution in [1.29, 1.82) is 0 Å². The molecule has 0 fully saturated rings. The van der Waals surface area contributed by atoms with Gasteiger partial charge in [0.2, 0.25) is 0 Å². The maximum Gasteiger partial charge on any atom is 0.0967 e. The molecule has 104 valence electrons. The van der Waals surface area contributed by atoms with Gasteiger partial charge in [0.25, 0.3) is 0 Å². The largest absolute Gasteiger partial charge is 0.388 e. The van der Waals surface area contributed by atoms with Crippen LogP contribution >= 0.6 is 22.7 Å². The van der Waals surface area contributed by atoms with Gasteiger partial charge in [-0.1, -0.05) is 12.1 Å². The second-order valence-electron chi connectivity index (χ2n) is 4.87. The quantitative estimate of drug-likeness (QED) is 0.617. The van der Waals surface area contributed by atoms with Crippen LogP contribution in [0.3, 0.4) is 0 Å². The van der Waals surface area contributed by atoms with Gasteiger partial charge in [-0.25, -0.2) is 4.98 Å². The number of aromatic nitrogens is 2. The summed E-state index contributed by atoms with van der Waals surface area (Å²) in [4.78, 5) is 8.95. The molecule has 0 amide bonds. The number of aliphatic hydroxyl groups excluding tert-OH is 1. The number of thiophene rings is 1. The first kappa shape index (κ1) is 12.9. The van der Waals surface area contributed by atoms with Crippen molar-refractivity contribution in [1.82, 2.24) is 9.97 Å². The van der Waals surface area contributed by atoms with Crippen molar-refractivity contribution in [3.05, 3.63) is 58.5 Å². The normalized spacial score (nSPS) is 13.0. The Morgan fingerprint density at radius 3 is 2.90 bits per heavy atom. The van der Waals surface area contributed by atoms with Crippen LogP contribution in [0.2, 0.25) is 0 Å². The second-order valence-corrected chi connectivity index (χ2v) is 6.93. The highest BCUT2D eigenvalue weighted by Crippen LogP contribution is 2.28. The van der Waals surface area contributed by atoms with Crippen LogP contribution in [-0.4, -0.2) is 15.1 Å². The highest BCUT2D eigenvalue weighted by Gasteiger charge is 2.13. The number of hydrogen-bond acceptors (Lipinski definition) is 5. The van der Waals surface area contributed by atoms with Crippen LogP contribution in [0.5, 0.6) is 0 Å². The van der Waals surface area contributed by atoms with E-state index < -0.39 is 6.10 Å². The molecule has 3 aromatic heterocycles. The fourth-order valence-electron chi connectivity index (χ4n) is 2.33. The molecule has 21 heavy (non-hydrogen) atoms. The lowest BCUT2D eigenvalue weighted by atomic mass is 10.1. The number of aliphatic hydroxyl groups is 1. The molecule has 0 saturated heterocycles. The number of rotatable bonds is 3. The van der Waals surface area contributed by atoms with Gasteiger partial charge < -0.3 is 5.11 Å². The van der Waals surface area contributed by atoms with Crippen molar-refractivity contribution >= 4 is 43.1 Å². The van der Waals surface area contributed by atoms with Gasteiger partial charge in [0.1, 0.15) is 0 Å². The monoisotopic (exact) mass is 312 g/mol. The first-order chi connectivity index (χ1) is 10.3. The minimum absolute atomic E-state index is 0.526. The number of hydrogen-bond donors (Lipinski definition) is 1. The van der Waals surface area contributed by atoms with Crippen LogP contribution in [0.15, 0.2) is 48.0 Å². The van der Waals surface area contributed by atoms with E-state index in [1.165, 1.54) is 0 Å². The molecule has 0 bridgehead atoms. The first-order valence-corrected chi connectivity index (χ1v) is 8.35. The lowest BCUT2D eigenvalue weighted by Crippen LogP contribution is -2.01. The summed E-state index contributed by atoms with van der Waals surface area (Å²) in [6.45, 7) is 0. The Kier molecular flexibility index (Phi) is 3.18. The van der Waals surface area contributed by atoms with Crippen LogP contribution in [0.4, 0.5) is 0 Å². The number of benzene rings is 1. The van der Waals surface area contributed by atoms with Gasteiger partial charge in [0.15, 0.2) is 0 Å². The molecular formula is C16H12N2OS2. The molecular weight excluding hydrogens is 300 g/mol. The van der Waals surface area contributed by atoms with E-state index in [1.54, 1.807) is 28.9 Å². The summed E-state index contributed by atoms with van der Waals surface area (Å²) in [6, 6.07) is 12.1. The molecule has 4 aromatic rings. The number of pyridine rings is 1. The van der Waals surface area contributed by atoms with Crippen LogP contribution in [0.25, 0.3) is 20.4 Å². The summed E-state index contributed by atoms with van der Waals surface area (Å²) in [6.07, 6.45) is 1.72. The third-order valence-corrected chi connectivity index (χ3v) is 5.33. The van der Waals surface area contributed by atoms with E-state index in [0.29, 0.717) is 6.42 Å². The molecule has 0 radical (unpaired) electrons. The smallest absolute Gasteiger partial charge is 0.0967 e. The Balaban J connectivity index is 1.63. The topological polar surface area (TPSA) is 46.0 Å². The predicted octanol–water partition coefficient (Wildman–Crippen LogP) is 4.18. The van der Waals surface area contributed by atoms with Gasteiger partial charge in [-0.3, -0.25) is 4.98 Å². The summed E-state index contributed by atoms with van der Waals surface area (Å²) in [5, 5.41) is 13.4. The molecule has 1 unspecified atom stereocenters. The van der Waals surface area contributed by atoms with Crippen molar-refractivity contribution in [3.8, 4) is 0 Å². The van der Waals surface area contributed by atoms with E-state index in [4.69, 9.17) is 0 Å². The zero-order valence-corrected chi connectivity index (χ0v) is 12.7. The zero-order valence-electron chi connectivity index (χ0n) is 11.1. The Labute approximate surface area is 129 Å². The van der Waals surface area contributed by atoms with E-state index >= 15 is 0 Å². The molecule has 4 rings (SSSR count). The molecule has 1 aromatic carbocycles. The Bertz CT molecular complexity index is 880. The molecule has 0 spiro atoms. The van der Waals surface area contributed by atoms with Gasteiger partial charge >= 0.3 is 0 Å². The number of para-hydroxylation sites is 1. The Hall–Kier alpha value is -1.82. The van der Waals surface area contributed by atoms with Gasteiger partial charge in [0.05, 0.1) is 31.5 Å². The van der Waals surface area contributed by atoms with Gasteiger partial charge in [-0.2, -0.15) is 0 Å². The highest BCUT2D eigenvalue weighted by atomic mass is 32.1. The van der Waals surface area contributed by atoms with Crippen molar-refractivity contribution in [2.24, 2.45) is 0 Å². The molecule has 0 aliphatic carbocycles. The van der Waals surface area contributed by atoms with Crippen molar-refractivity contribution in [2.75, 3.05) is 0 Å². The Morgan fingerprint density at radius 2 is 2.00 bits per heavy atom. The number of nitrogens with zero attached hydrogens (tertiary/aromatic N) is 2. The fraction of sp³-hybridized carbons (Fsp3) is 0.125. The average Bonchev–Trinajstić information content (AvgIpc) is 3.11. The molecule has 0 aliphatic rings. The molecule has 5 heteroatoms. The van der Waals surface area contributed by atoms with Crippen molar-refractivity contribution < 1.29 is 5.11 Å². The summed E-state index contributed by atoms with van der Waals surface area (Å²) < 4.78 is 2.27. The second kappa shape index (κ2) is 5.18. The fourth-order valence-corrected chi connectivity index (χ4v) is 4.13. The standard InChI is InChI=1S/C16H12N2OS2/c19-13(10-7-15-11(17-9-10)5-6-20-15)8-16-18-12-3-1-2-4-14(12)21-16/h1-7,9,13,19H,8H2. The Morgan fingerprint density at radius 1 is 1.10 bits per heavy atom. The van der Waals surface area contributed by atoms with Crippen LogP contribution in [-0.2, 0) is 6.42 Å². The predicted molar refractivity (Wildman–Crippen MR) is 87.9 cm³/mol. The van der Waals surface area contributed by atoms with Gasteiger partial charge in [0, 0.05) is 18.2 Å². The lowest BCUT2D eigenvalue weighted by Gasteiger charge is -2.08.